The van der Waals surface area contributed by atoms with E-state index in [2.05, 4.69) is 54.7 Å². The van der Waals surface area contributed by atoms with Gasteiger partial charge in [-0.2, -0.15) is 4.98 Å². The lowest BCUT2D eigenvalue weighted by Gasteiger charge is -2.39. The van der Waals surface area contributed by atoms with Crippen LogP contribution < -0.4 is 9.80 Å². The van der Waals surface area contributed by atoms with Crippen molar-refractivity contribution in [3.05, 3.63) is 24.1 Å². The summed E-state index contributed by atoms with van der Waals surface area (Å²) in [6.07, 6.45) is 6.72. The van der Waals surface area contributed by atoms with Crippen molar-refractivity contribution in [3.63, 3.8) is 0 Å². The molecule has 0 amide bonds. The van der Waals surface area contributed by atoms with Gasteiger partial charge >= 0.3 is 0 Å². The van der Waals surface area contributed by atoms with Crippen LogP contribution in [0.1, 0.15) is 57.2 Å². The first kappa shape index (κ1) is 18.8. The van der Waals surface area contributed by atoms with Gasteiger partial charge in [0.2, 0.25) is 5.89 Å². The number of rotatable bonds is 5. The number of hydrogen-bond acceptors (Lipinski definition) is 8. The normalized spacial score (nSPS) is 25.2. The van der Waals surface area contributed by atoms with Crippen LogP contribution >= 0.6 is 0 Å². The Hall–Kier alpha value is -2.22. The summed E-state index contributed by atoms with van der Waals surface area (Å²) in [5.41, 5.74) is 0. The summed E-state index contributed by atoms with van der Waals surface area (Å²) in [5.74, 6) is 4.73. The van der Waals surface area contributed by atoms with E-state index in [1.54, 1.807) is 6.33 Å². The molecule has 0 saturated carbocycles. The molecule has 3 fully saturated rings. The lowest BCUT2D eigenvalue weighted by Crippen LogP contribution is -2.48. The minimum atomic E-state index is 0.298. The molecule has 0 radical (unpaired) electrons. The van der Waals surface area contributed by atoms with Crippen LogP contribution in [-0.4, -0.2) is 63.8 Å². The molecule has 2 unspecified atom stereocenters. The molecule has 5 rings (SSSR count). The Morgan fingerprint density at radius 2 is 1.79 bits per heavy atom. The predicted octanol–water partition coefficient (Wildman–Crippen LogP) is 2.68. The van der Waals surface area contributed by atoms with Gasteiger partial charge in [0.25, 0.3) is 0 Å². The standard InChI is InChI=1S/C21H31N7O/c1-15(2)21-24-20(29-25-21)13-27-9-5-16-6-10-28(12-17(16)27)19-11-18(22-14-23-19)26-7-3-4-8-26/h11,14-17H,3-10,12-13H2,1-2H3. The van der Waals surface area contributed by atoms with Gasteiger partial charge in [0.15, 0.2) is 5.82 Å². The molecule has 0 spiro atoms. The van der Waals surface area contributed by atoms with Gasteiger partial charge in [0.05, 0.1) is 6.54 Å². The van der Waals surface area contributed by atoms with Crippen LogP contribution in [0.3, 0.4) is 0 Å². The first-order valence-electron chi connectivity index (χ1n) is 11.1. The maximum Gasteiger partial charge on any atom is 0.240 e. The number of hydrogen-bond donors (Lipinski definition) is 0. The van der Waals surface area contributed by atoms with Crippen molar-refractivity contribution in [2.24, 2.45) is 5.92 Å². The highest BCUT2D eigenvalue weighted by molar-refractivity contribution is 5.51. The number of aromatic nitrogens is 4. The van der Waals surface area contributed by atoms with Crippen LogP contribution in [0.25, 0.3) is 0 Å². The first-order valence-corrected chi connectivity index (χ1v) is 11.1. The van der Waals surface area contributed by atoms with Crippen molar-refractivity contribution in [3.8, 4) is 0 Å². The van der Waals surface area contributed by atoms with Crippen LogP contribution in [0.2, 0.25) is 0 Å². The van der Waals surface area contributed by atoms with E-state index in [9.17, 15) is 0 Å². The van der Waals surface area contributed by atoms with Gasteiger partial charge in [-0.1, -0.05) is 19.0 Å². The van der Waals surface area contributed by atoms with Gasteiger partial charge in [-0.3, -0.25) is 4.90 Å². The van der Waals surface area contributed by atoms with Gasteiger partial charge in [-0.15, -0.1) is 0 Å². The largest absolute Gasteiger partial charge is 0.356 e. The third-order valence-corrected chi connectivity index (χ3v) is 6.71. The van der Waals surface area contributed by atoms with Gasteiger partial charge in [0.1, 0.15) is 18.0 Å². The molecule has 29 heavy (non-hydrogen) atoms. The zero-order valence-corrected chi connectivity index (χ0v) is 17.5. The highest BCUT2D eigenvalue weighted by Crippen LogP contribution is 2.34. The lowest BCUT2D eigenvalue weighted by atomic mass is 9.92. The van der Waals surface area contributed by atoms with Crippen molar-refractivity contribution in [2.45, 2.75) is 58.0 Å². The molecule has 0 aromatic carbocycles. The van der Waals surface area contributed by atoms with Crippen LogP contribution in [0.4, 0.5) is 11.6 Å². The first-order chi connectivity index (χ1) is 14.2. The molecular weight excluding hydrogens is 366 g/mol. The summed E-state index contributed by atoms with van der Waals surface area (Å²) in [5, 5.41) is 4.13. The van der Waals surface area contributed by atoms with Crippen molar-refractivity contribution in [1.29, 1.82) is 0 Å². The highest BCUT2D eigenvalue weighted by atomic mass is 16.5. The smallest absolute Gasteiger partial charge is 0.240 e. The Bertz CT molecular complexity index is 832. The van der Waals surface area contributed by atoms with E-state index < -0.39 is 0 Å². The lowest BCUT2D eigenvalue weighted by molar-refractivity contribution is 0.178. The second kappa shape index (κ2) is 7.89. The number of fused-ring (bicyclic) bond motifs is 1. The fraction of sp³-hybridized carbons (Fsp3) is 0.714. The van der Waals surface area contributed by atoms with Crippen LogP contribution in [0.15, 0.2) is 16.9 Å². The third-order valence-electron chi connectivity index (χ3n) is 6.71. The molecule has 0 aliphatic carbocycles. The Labute approximate surface area is 172 Å². The van der Waals surface area contributed by atoms with Crippen molar-refractivity contribution in [1.82, 2.24) is 25.0 Å². The van der Waals surface area contributed by atoms with E-state index in [0.717, 1.165) is 68.5 Å². The Morgan fingerprint density at radius 3 is 2.55 bits per heavy atom. The van der Waals surface area contributed by atoms with Gasteiger partial charge in [-0.25, -0.2) is 9.97 Å². The Balaban J connectivity index is 1.28. The fourth-order valence-electron chi connectivity index (χ4n) is 5.00. The molecule has 3 saturated heterocycles. The molecule has 0 N–H and O–H groups in total. The molecule has 5 heterocycles. The van der Waals surface area contributed by atoms with Gasteiger partial charge in [0, 0.05) is 44.2 Å². The number of likely N-dealkylation sites (tertiary alicyclic amines) is 1. The van der Waals surface area contributed by atoms with Crippen molar-refractivity contribution in [2.75, 3.05) is 42.5 Å². The maximum atomic E-state index is 5.51. The van der Waals surface area contributed by atoms with Crippen LogP contribution in [0, 0.1) is 5.92 Å². The number of nitrogens with zero attached hydrogens (tertiary/aromatic N) is 7. The molecule has 8 heteroatoms. The summed E-state index contributed by atoms with van der Waals surface area (Å²) in [4.78, 5) is 21.1. The zero-order valence-electron chi connectivity index (χ0n) is 17.5. The molecule has 0 bridgehead atoms. The summed E-state index contributed by atoms with van der Waals surface area (Å²) in [6.45, 7) is 10.3. The van der Waals surface area contributed by atoms with Crippen LogP contribution in [0.5, 0.6) is 0 Å². The second-order valence-electron chi connectivity index (χ2n) is 8.95. The van der Waals surface area contributed by atoms with Crippen molar-refractivity contribution >= 4 is 11.6 Å². The Kier molecular flexibility index (Phi) is 5.11. The summed E-state index contributed by atoms with van der Waals surface area (Å²) in [7, 11) is 0. The predicted molar refractivity (Wildman–Crippen MR) is 111 cm³/mol. The quantitative estimate of drug-likeness (QED) is 0.762. The Morgan fingerprint density at radius 1 is 1.03 bits per heavy atom. The van der Waals surface area contributed by atoms with E-state index in [4.69, 9.17) is 4.52 Å². The average molecular weight is 398 g/mol. The molecule has 156 valence electrons. The average Bonchev–Trinajstić information content (AvgIpc) is 3.50. The molecule has 2 aromatic rings. The highest BCUT2D eigenvalue weighted by Gasteiger charge is 2.39. The van der Waals surface area contributed by atoms with E-state index >= 15 is 0 Å². The minimum absolute atomic E-state index is 0.298. The van der Waals surface area contributed by atoms with E-state index in [-0.39, 0.29) is 0 Å². The summed E-state index contributed by atoms with van der Waals surface area (Å²) in [6, 6.07) is 2.70. The molecule has 2 aromatic heterocycles. The molecular formula is C21H31N7O. The molecule has 3 aliphatic heterocycles. The second-order valence-corrected chi connectivity index (χ2v) is 8.95. The molecule has 3 aliphatic rings. The summed E-state index contributed by atoms with van der Waals surface area (Å²) < 4.78 is 5.51. The van der Waals surface area contributed by atoms with Gasteiger partial charge < -0.3 is 14.3 Å². The zero-order chi connectivity index (χ0) is 19.8. The topological polar surface area (TPSA) is 74.4 Å². The van der Waals surface area contributed by atoms with E-state index in [0.29, 0.717) is 12.0 Å². The van der Waals surface area contributed by atoms with E-state index in [1.165, 1.54) is 25.7 Å². The number of anilines is 2. The number of piperidine rings is 1. The van der Waals surface area contributed by atoms with E-state index in [1.807, 2.05) is 0 Å². The van der Waals surface area contributed by atoms with Gasteiger partial charge in [-0.05, 0) is 38.1 Å². The third kappa shape index (κ3) is 3.82. The minimum Gasteiger partial charge on any atom is -0.356 e. The monoisotopic (exact) mass is 397 g/mol. The molecule has 2 atom stereocenters. The van der Waals surface area contributed by atoms with Crippen LogP contribution in [-0.2, 0) is 6.54 Å². The SMILES string of the molecule is CC(C)c1noc(CN2CCC3CCN(c4cc(N5CCCC5)ncn4)CC32)n1. The summed E-state index contributed by atoms with van der Waals surface area (Å²) >= 11 is 0. The van der Waals surface area contributed by atoms with Crippen molar-refractivity contribution < 1.29 is 4.52 Å². The molecule has 8 nitrogen and oxygen atoms in total. The maximum absolute atomic E-state index is 5.51. The fourth-order valence-corrected chi connectivity index (χ4v) is 5.00.